The summed E-state index contributed by atoms with van der Waals surface area (Å²) >= 11 is 1.35. The number of thiazole rings is 1. The number of nitrogens with one attached hydrogen (secondary N) is 1. The fourth-order valence-electron chi connectivity index (χ4n) is 2.05. The number of hydrogen-bond acceptors (Lipinski definition) is 5. The van der Waals surface area contributed by atoms with E-state index in [9.17, 15) is 4.79 Å². The summed E-state index contributed by atoms with van der Waals surface area (Å²) in [6.45, 7) is 1.39. The molecule has 0 spiro atoms. The highest BCUT2D eigenvalue weighted by atomic mass is 32.1. The summed E-state index contributed by atoms with van der Waals surface area (Å²) in [5, 5.41) is 5.25. The Balaban J connectivity index is 1.92. The molecule has 1 heterocycles. The third-order valence-electron chi connectivity index (χ3n) is 2.99. The van der Waals surface area contributed by atoms with Crippen molar-refractivity contribution in [3.8, 4) is 0 Å². The smallest absolute Gasteiger partial charge is 0.226 e. The Hall–Kier alpha value is -1.92. The van der Waals surface area contributed by atoms with Crippen molar-refractivity contribution in [2.45, 2.75) is 19.5 Å². The van der Waals surface area contributed by atoms with E-state index in [4.69, 9.17) is 5.73 Å². The van der Waals surface area contributed by atoms with Crippen molar-refractivity contribution in [2.75, 3.05) is 19.8 Å². The Labute approximate surface area is 128 Å². The van der Waals surface area contributed by atoms with E-state index >= 15 is 0 Å². The van der Waals surface area contributed by atoms with Crippen LogP contribution in [0.5, 0.6) is 0 Å². The first-order valence-corrected chi connectivity index (χ1v) is 7.60. The van der Waals surface area contributed by atoms with Crippen LogP contribution in [0.3, 0.4) is 0 Å². The number of carbonyl (C=O) groups excluding carboxylic acids is 1. The van der Waals surface area contributed by atoms with Crippen LogP contribution in [0.2, 0.25) is 0 Å². The first-order valence-electron chi connectivity index (χ1n) is 6.72. The number of aromatic nitrogens is 1. The molecule has 0 atom stereocenters. The molecule has 0 aliphatic carbocycles. The van der Waals surface area contributed by atoms with Crippen LogP contribution in [-0.2, 0) is 24.3 Å². The quantitative estimate of drug-likeness (QED) is 0.851. The molecule has 5 nitrogen and oxygen atoms in total. The zero-order chi connectivity index (χ0) is 15.2. The van der Waals surface area contributed by atoms with Gasteiger partial charge >= 0.3 is 0 Å². The van der Waals surface area contributed by atoms with E-state index in [0.717, 1.165) is 17.8 Å². The van der Waals surface area contributed by atoms with Gasteiger partial charge in [0.25, 0.3) is 0 Å². The average Bonchev–Trinajstić information content (AvgIpc) is 2.82. The SMILES string of the molecule is CN(C)Cc1ccccc1CNC(=O)Cc1csc(N)n1. The van der Waals surface area contributed by atoms with Crippen molar-refractivity contribution in [1.82, 2.24) is 15.2 Å². The van der Waals surface area contributed by atoms with Crippen LogP contribution in [0.25, 0.3) is 0 Å². The number of rotatable bonds is 6. The van der Waals surface area contributed by atoms with Gasteiger partial charge < -0.3 is 16.0 Å². The third-order valence-corrected chi connectivity index (χ3v) is 3.71. The van der Waals surface area contributed by atoms with Gasteiger partial charge in [-0.25, -0.2) is 4.98 Å². The fourth-order valence-corrected chi connectivity index (χ4v) is 2.61. The minimum absolute atomic E-state index is 0.0417. The molecule has 2 rings (SSSR count). The normalized spacial score (nSPS) is 10.8. The number of nitrogen functional groups attached to an aromatic ring is 1. The highest BCUT2D eigenvalue weighted by molar-refractivity contribution is 7.13. The summed E-state index contributed by atoms with van der Waals surface area (Å²) in [5.74, 6) is -0.0417. The first-order chi connectivity index (χ1) is 10.0. The van der Waals surface area contributed by atoms with Gasteiger partial charge in [0.05, 0.1) is 12.1 Å². The molecule has 2 aromatic rings. The van der Waals surface area contributed by atoms with Crippen LogP contribution in [0.4, 0.5) is 5.13 Å². The molecule has 0 saturated heterocycles. The van der Waals surface area contributed by atoms with Gasteiger partial charge in [0.2, 0.25) is 5.91 Å². The fraction of sp³-hybridized carbons (Fsp3) is 0.333. The van der Waals surface area contributed by atoms with Crippen molar-refractivity contribution in [3.05, 3.63) is 46.5 Å². The number of carbonyl (C=O) groups is 1. The van der Waals surface area contributed by atoms with Crippen LogP contribution in [0, 0.1) is 0 Å². The number of hydrogen-bond donors (Lipinski definition) is 2. The maximum absolute atomic E-state index is 11.9. The zero-order valence-electron chi connectivity index (χ0n) is 12.3. The molecule has 1 aromatic heterocycles. The average molecular weight is 304 g/mol. The largest absolute Gasteiger partial charge is 0.375 e. The number of anilines is 1. The molecule has 0 radical (unpaired) electrons. The third kappa shape index (κ3) is 4.84. The van der Waals surface area contributed by atoms with Gasteiger partial charge in [0, 0.05) is 18.5 Å². The highest BCUT2D eigenvalue weighted by Crippen LogP contribution is 2.12. The predicted molar refractivity (Wildman–Crippen MR) is 85.9 cm³/mol. The highest BCUT2D eigenvalue weighted by Gasteiger charge is 2.08. The summed E-state index contributed by atoms with van der Waals surface area (Å²) in [7, 11) is 4.06. The molecule has 3 N–H and O–H groups in total. The Morgan fingerprint density at radius 2 is 2.05 bits per heavy atom. The second kappa shape index (κ2) is 7.19. The van der Waals surface area contributed by atoms with E-state index in [1.807, 2.05) is 37.7 Å². The molecule has 112 valence electrons. The molecule has 0 saturated carbocycles. The van der Waals surface area contributed by atoms with E-state index < -0.39 is 0 Å². The molecule has 21 heavy (non-hydrogen) atoms. The predicted octanol–water partition coefficient (Wildman–Crippen LogP) is 1.65. The van der Waals surface area contributed by atoms with Crippen LogP contribution >= 0.6 is 11.3 Å². The van der Waals surface area contributed by atoms with Crippen molar-refractivity contribution >= 4 is 22.4 Å². The minimum Gasteiger partial charge on any atom is -0.375 e. The molecule has 1 aromatic carbocycles. The Morgan fingerprint density at radius 1 is 1.33 bits per heavy atom. The molecule has 0 unspecified atom stereocenters. The zero-order valence-corrected chi connectivity index (χ0v) is 13.1. The van der Waals surface area contributed by atoms with Crippen LogP contribution in [0.15, 0.2) is 29.6 Å². The van der Waals surface area contributed by atoms with E-state index in [1.165, 1.54) is 16.9 Å². The lowest BCUT2D eigenvalue weighted by Crippen LogP contribution is -2.25. The van der Waals surface area contributed by atoms with Gasteiger partial charge in [-0.1, -0.05) is 24.3 Å². The molecule has 0 bridgehead atoms. The van der Waals surface area contributed by atoms with E-state index in [2.05, 4.69) is 21.3 Å². The number of amides is 1. The topological polar surface area (TPSA) is 71.2 Å². The summed E-state index contributed by atoms with van der Waals surface area (Å²) in [6.07, 6.45) is 0.267. The summed E-state index contributed by atoms with van der Waals surface area (Å²) in [6, 6.07) is 8.13. The van der Waals surface area contributed by atoms with Gasteiger partial charge in [-0.3, -0.25) is 4.79 Å². The molecular weight excluding hydrogens is 284 g/mol. The van der Waals surface area contributed by atoms with Gasteiger partial charge in [0.15, 0.2) is 5.13 Å². The monoisotopic (exact) mass is 304 g/mol. The molecule has 1 amide bonds. The van der Waals surface area contributed by atoms with Gasteiger partial charge in [-0.2, -0.15) is 0 Å². The lowest BCUT2D eigenvalue weighted by atomic mass is 10.1. The summed E-state index contributed by atoms with van der Waals surface area (Å²) in [4.78, 5) is 18.1. The van der Waals surface area contributed by atoms with Crippen molar-refractivity contribution in [2.24, 2.45) is 0 Å². The molecule has 0 aliphatic heterocycles. The summed E-state index contributed by atoms with van der Waals surface area (Å²) < 4.78 is 0. The van der Waals surface area contributed by atoms with E-state index in [0.29, 0.717) is 11.7 Å². The van der Waals surface area contributed by atoms with Crippen LogP contribution in [-0.4, -0.2) is 29.9 Å². The van der Waals surface area contributed by atoms with E-state index in [1.54, 1.807) is 0 Å². The first kappa shape index (κ1) is 15.5. The van der Waals surface area contributed by atoms with Crippen molar-refractivity contribution in [3.63, 3.8) is 0 Å². The maximum Gasteiger partial charge on any atom is 0.226 e. The Morgan fingerprint density at radius 3 is 2.67 bits per heavy atom. The molecule has 0 aliphatic rings. The molecule has 6 heteroatoms. The second-order valence-electron chi connectivity index (χ2n) is 5.14. The number of nitrogens with zero attached hydrogens (tertiary/aromatic N) is 2. The minimum atomic E-state index is -0.0417. The standard InChI is InChI=1S/C15H20N4OS/c1-19(2)9-12-6-4-3-5-11(12)8-17-14(20)7-13-10-21-15(16)18-13/h3-6,10H,7-9H2,1-2H3,(H2,16,18)(H,17,20). The Bertz CT molecular complexity index is 609. The molecular formula is C15H20N4OS. The number of benzene rings is 1. The maximum atomic E-state index is 11.9. The van der Waals surface area contributed by atoms with Crippen LogP contribution < -0.4 is 11.1 Å². The van der Waals surface area contributed by atoms with Gasteiger partial charge in [-0.15, -0.1) is 11.3 Å². The Kier molecular flexibility index (Phi) is 5.30. The van der Waals surface area contributed by atoms with Crippen molar-refractivity contribution < 1.29 is 4.79 Å². The summed E-state index contributed by atoms with van der Waals surface area (Å²) in [5.41, 5.74) is 8.63. The second-order valence-corrected chi connectivity index (χ2v) is 6.03. The van der Waals surface area contributed by atoms with Crippen molar-refractivity contribution in [1.29, 1.82) is 0 Å². The lowest BCUT2D eigenvalue weighted by molar-refractivity contribution is -0.120. The molecule has 0 fully saturated rings. The number of nitrogens with two attached hydrogens (primary N) is 1. The van der Waals surface area contributed by atoms with Gasteiger partial charge in [-0.05, 0) is 25.2 Å². The van der Waals surface area contributed by atoms with Crippen LogP contribution in [0.1, 0.15) is 16.8 Å². The van der Waals surface area contributed by atoms with E-state index in [-0.39, 0.29) is 12.3 Å². The lowest BCUT2D eigenvalue weighted by Gasteiger charge is -2.14. The van der Waals surface area contributed by atoms with Gasteiger partial charge in [0.1, 0.15) is 0 Å².